The Hall–Kier alpha value is 0.240. The molecule has 1 heterocycles. The number of morpholine rings is 1. The molecule has 8 heteroatoms. The van der Waals surface area contributed by atoms with Gasteiger partial charge in [-0.15, -0.1) is 27.9 Å². The van der Waals surface area contributed by atoms with Gasteiger partial charge in [-0.2, -0.15) is 12.7 Å². The molecule has 0 aromatic carbocycles. The summed E-state index contributed by atoms with van der Waals surface area (Å²) in [5.74, 6) is 0. The van der Waals surface area contributed by atoms with Crippen LogP contribution in [0.25, 0.3) is 0 Å². The van der Waals surface area contributed by atoms with Gasteiger partial charge in [0.25, 0.3) is 0 Å². The zero-order valence-electron chi connectivity index (χ0n) is 8.67. The number of thioether (sulfide) groups is 2. The van der Waals surface area contributed by atoms with Crippen molar-refractivity contribution in [3.63, 3.8) is 0 Å². The van der Waals surface area contributed by atoms with E-state index >= 15 is 0 Å². The van der Waals surface area contributed by atoms with Crippen molar-refractivity contribution in [1.29, 1.82) is 0 Å². The summed E-state index contributed by atoms with van der Waals surface area (Å²) in [6.07, 6.45) is 3.62. The van der Waals surface area contributed by atoms with E-state index in [1.807, 2.05) is 12.5 Å². The summed E-state index contributed by atoms with van der Waals surface area (Å²) < 4.78 is 34.3. The molecule has 0 radical (unpaired) electrons. The molecule has 1 saturated heterocycles. The number of ether oxygens (including phenoxy) is 1. The van der Waals surface area contributed by atoms with Crippen LogP contribution < -0.4 is 0 Å². The van der Waals surface area contributed by atoms with Crippen molar-refractivity contribution in [3.05, 3.63) is 0 Å². The molecule has 0 amide bonds. The molecule has 0 aromatic heterocycles. The molecule has 88 valence electrons. The normalized spacial score (nSPS) is 18.8. The molecule has 0 aliphatic carbocycles. The lowest BCUT2D eigenvalue weighted by atomic mass is 10.5. The molecule has 0 unspecified atom stereocenters. The van der Waals surface area contributed by atoms with Crippen molar-refractivity contribution < 1.29 is 13.2 Å². The summed E-state index contributed by atoms with van der Waals surface area (Å²) in [4.78, 5) is 0. The summed E-state index contributed by atoms with van der Waals surface area (Å²) >= 11 is 2.67. The largest absolute Gasteiger partial charge is 0.379 e. The molecular formula is C7H14N2O3S3. The molecule has 0 bridgehead atoms. The second-order valence-electron chi connectivity index (χ2n) is 2.75. The SMILES string of the molecule is CSC(=NS(=O)(=O)N1CCOCC1)SC. The molecule has 1 aliphatic heterocycles. The minimum atomic E-state index is -3.51. The fraction of sp³-hybridized carbons (Fsp3) is 0.857. The van der Waals surface area contributed by atoms with Crippen molar-refractivity contribution in [2.45, 2.75) is 0 Å². The zero-order chi connectivity index (χ0) is 11.3. The highest BCUT2D eigenvalue weighted by molar-refractivity contribution is 8.38. The first kappa shape index (κ1) is 13.3. The highest BCUT2D eigenvalue weighted by atomic mass is 32.2. The summed E-state index contributed by atoms with van der Waals surface area (Å²) in [6.45, 7) is 1.68. The van der Waals surface area contributed by atoms with Crippen LogP contribution in [0.4, 0.5) is 0 Å². The summed E-state index contributed by atoms with van der Waals surface area (Å²) in [5, 5.41) is 0. The van der Waals surface area contributed by atoms with Crippen molar-refractivity contribution in [2.24, 2.45) is 4.40 Å². The first-order valence-electron chi connectivity index (χ1n) is 4.36. The Kier molecular flexibility index (Phi) is 5.41. The Morgan fingerprint density at radius 3 is 2.27 bits per heavy atom. The highest BCUT2D eigenvalue weighted by Crippen LogP contribution is 2.15. The topological polar surface area (TPSA) is 59.0 Å². The number of hydrogen-bond donors (Lipinski definition) is 0. The maximum Gasteiger partial charge on any atom is 0.324 e. The molecule has 1 rings (SSSR count). The Bertz CT molecular complexity index is 316. The summed E-state index contributed by atoms with van der Waals surface area (Å²) in [7, 11) is -3.51. The van der Waals surface area contributed by atoms with Crippen molar-refractivity contribution >= 4 is 38.1 Å². The Balaban J connectivity index is 2.77. The Labute approximate surface area is 98.8 Å². The lowest BCUT2D eigenvalue weighted by Crippen LogP contribution is -2.39. The van der Waals surface area contributed by atoms with Gasteiger partial charge in [-0.05, 0) is 12.5 Å². The van der Waals surface area contributed by atoms with Crippen LogP contribution in [0.3, 0.4) is 0 Å². The second-order valence-corrected chi connectivity index (χ2v) is 6.20. The van der Waals surface area contributed by atoms with E-state index in [1.165, 1.54) is 27.8 Å². The van der Waals surface area contributed by atoms with Gasteiger partial charge in [0.15, 0.2) is 0 Å². The van der Waals surface area contributed by atoms with Crippen molar-refractivity contribution in [1.82, 2.24) is 4.31 Å². The third-order valence-corrected chi connectivity index (χ3v) is 5.38. The van der Waals surface area contributed by atoms with Crippen LogP contribution in [-0.4, -0.2) is 55.9 Å². The van der Waals surface area contributed by atoms with Crippen LogP contribution in [0.15, 0.2) is 4.40 Å². The van der Waals surface area contributed by atoms with Crippen LogP contribution in [0.5, 0.6) is 0 Å². The third-order valence-electron chi connectivity index (χ3n) is 1.84. The molecule has 0 atom stereocenters. The van der Waals surface area contributed by atoms with Gasteiger partial charge >= 0.3 is 10.2 Å². The average molecular weight is 270 g/mol. The zero-order valence-corrected chi connectivity index (χ0v) is 11.1. The summed E-state index contributed by atoms with van der Waals surface area (Å²) in [6, 6.07) is 0. The molecule has 1 aliphatic rings. The van der Waals surface area contributed by atoms with Gasteiger partial charge in [-0.3, -0.25) is 0 Å². The molecule has 0 spiro atoms. The standard InChI is InChI=1S/C7H14N2O3S3/c1-13-7(14-2)8-15(10,11)9-3-5-12-6-4-9/h3-6H2,1-2H3. The number of nitrogens with zero attached hydrogens (tertiary/aromatic N) is 2. The predicted molar refractivity (Wildman–Crippen MR) is 65.8 cm³/mol. The monoisotopic (exact) mass is 270 g/mol. The van der Waals surface area contributed by atoms with Gasteiger partial charge in [-0.1, -0.05) is 0 Å². The fourth-order valence-corrected chi connectivity index (χ4v) is 3.83. The molecular weight excluding hydrogens is 256 g/mol. The lowest BCUT2D eigenvalue weighted by molar-refractivity contribution is 0.0731. The number of hydrogen-bond acceptors (Lipinski definition) is 5. The van der Waals surface area contributed by atoms with Crippen LogP contribution in [0, 0.1) is 0 Å². The van der Waals surface area contributed by atoms with E-state index in [2.05, 4.69) is 4.40 Å². The van der Waals surface area contributed by atoms with Gasteiger partial charge in [0.05, 0.1) is 13.2 Å². The fourth-order valence-electron chi connectivity index (χ4n) is 1.09. The van der Waals surface area contributed by atoms with Crippen molar-refractivity contribution in [2.75, 3.05) is 38.8 Å². The maximum atomic E-state index is 11.8. The maximum absolute atomic E-state index is 11.8. The molecule has 0 aromatic rings. The minimum absolute atomic E-state index is 0.391. The molecule has 1 fully saturated rings. The first-order chi connectivity index (χ1) is 7.10. The van der Waals surface area contributed by atoms with Gasteiger partial charge in [-0.25, -0.2) is 0 Å². The second kappa shape index (κ2) is 6.09. The third kappa shape index (κ3) is 3.95. The van der Waals surface area contributed by atoms with E-state index in [0.717, 1.165) is 0 Å². The quantitative estimate of drug-likeness (QED) is 0.544. The van der Waals surface area contributed by atoms with E-state index in [4.69, 9.17) is 4.74 Å². The molecule has 0 saturated carbocycles. The van der Waals surface area contributed by atoms with E-state index < -0.39 is 10.2 Å². The van der Waals surface area contributed by atoms with Crippen LogP contribution >= 0.6 is 23.5 Å². The minimum Gasteiger partial charge on any atom is -0.379 e. The van der Waals surface area contributed by atoms with Crippen molar-refractivity contribution in [3.8, 4) is 0 Å². The first-order valence-corrected chi connectivity index (χ1v) is 8.20. The van der Waals surface area contributed by atoms with Crippen LogP contribution in [0.1, 0.15) is 0 Å². The Morgan fingerprint density at radius 1 is 1.27 bits per heavy atom. The summed E-state index contributed by atoms with van der Waals surface area (Å²) in [5.41, 5.74) is 0. The van der Waals surface area contributed by atoms with E-state index in [1.54, 1.807) is 0 Å². The molecule has 0 N–H and O–H groups in total. The van der Waals surface area contributed by atoms with Gasteiger partial charge < -0.3 is 4.74 Å². The van der Waals surface area contributed by atoms with Crippen LogP contribution in [-0.2, 0) is 14.9 Å². The smallest absolute Gasteiger partial charge is 0.324 e. The average Bonchev–Trinajstić information content (AvgIpc) is 2.27. The molecule has 15 heavy (non-hydrogen) atoms. The predicted octanol–water partition coefficient (Wildman–Crippen LogP) is 0.645. The van der Waals surface area contributed by atoms with E-state index in [-0.39, 0.29) is 0 Å². The molecule has 5 nitrogen and oxygen atoms in total. The van der Waals surface area contributed by atoms with E-state index in [9.17, 15) is 8.42 Å². The van der Waals surface area contributed by atoms with E-state index in [0.29, 0.717) is 30.7 Å². The van der Waals surface area contributed by atoms with Gasteiger partial charge in [0.1, 0.15) is 4.38 Å². The Morgan fingerprint density at radius 2 is 1.80 bits per heavy atom. The van der Waals surface area contributed by atoms with Gasteiger partial charge in [0.2, 0.25) is 0 Å². The highest BCUT2D eigenvalue weighted by Gasteiger charge is 2.23. The van der Waals surface area contributed by atoms with Gasteiger partial charge in [0, 0.05) is 13.1 Å². The lowest BCUT2D eigenvalue weighted by Gasteiger charge is -2.23. The van der Waals surface area contributed by atoms with Crippen LogP contribution in [0.2, 0.25) is 0 Å². The number of rotatable bonds is 2.